The van der Waals surface area contributed by atoms with E-state index in [4.69, 9.17) is 0 Å². The lowest BCUT2D eigenvalue weighted by Gasteiger charge is -2.11. The molecule has 0 fully saturated rings. The number of hydrogen-bond acceptors (Lipinski definition) is 2. The van der Waals surface area contributed by atoms with Crippen LogP contribution in [0.5, 0.6) is 0 Å². The molecular weight excluding hydrogens is 306 g/mol. The van der Waals surface area contributed by atoms with Gasteiger partial charge in [0, 0.05) is 33.9 Å². The van der Waals surface area contributed by atoms with E-state index in [1.54, 1.807) is 0 Å². The molecule has 0 heterocycles. The van der Waals surface area contributed by atoms with Crippen molar-refractivity contribution in [2.75, 3.05) is 5.32 Å². The summed E-state index contributed by atoms with van der Waals surface area (Å²) >= 11 is 0. The molecule has 0 aromatic heterocycles. The zero-order chi connectivity index (χ0) is 16.7. The van der Waals surface area contributed by atoms with Crippen molar-refractivity contribution in [3.8, 4) is 0 Å². The predicted molar refractivity (Wildman–Crippen MR) is 96.5 cm³/mol. The molecule has 0 aliphatic carbocycles. The number of amides is 1. The minimum Gasteiger partial charge on any atom is -0.326 e. The lowest BCUT2D eigenvalue weighted by Crippen LogP contribution is -2.19. The standard InChI is InChI=1S/C19H23NO2S/c1-3-15(2)19(21)20-18-11-7-10-17(12-18)14-23(22)13-16-8-5-4-6-9-16/h4-12,15H,3,13-14H2,1-2H3,(H,20,21)/t15-,23-/m0/s1. The molecule has 1 amide bonds. The molecule has 0 radical (unpaired) electrons. The van der Waals surface area contributed by atoms with Gasteiger partial charge in [0.2, 0.25) is 5.91 Å². The Bertz CT molecular complexity index is 670. The summed E-state index contributed by atoms with van der Waals surface area (Å²) in [6, 6.07) is 17.4. The van der Waals surface area contributed by atoms with E-state index in [0.29, 0.717) is 11.5 Å². The summed E-state index contributed by atoms with van der Waals surface area (Å²) < 4.78 is 12.3. The van der Waals surface area contributed by atoms with Crippen LogP contribution < -0.4 is 5.32 Å². The second-order valence-electron chi connectivity index (χ2n) is 5.71. The van der Waals surface area contributed by atoms with E-state index < -0.39 is 10.8 Å². The van der Waals surface area contributed by atoms with Crippen LogP contribution in [0, 0.1) is 5.92 Å². The molecule has 0 spiro atoms. The van der Waals surface area contributed by atoms with Crippen molar-refractivity contribution in [3.05, 3.63) is 65.7 Å². The highest BCUT2D eigenvalue weighted by molar-refractivity contribution is 7.83. The third-order valence-electron chi connectivity index (χ3n) is 3.75. The fourth-order valence-electron chi connectivity index (χ4n) is 2.19. The summed E-state index contributed by atoms with van der Waals surface area (Å²) in [7, 11) is -0.966. The first-order valence-corrected chi connectivity index (χ1v) is 9.36. The normalized spacial score (nSPS) is 13.3. The van der Waals surface area contributed by atoms with Crippen LogP contribution in [0.2, 0.25) is 0 Å². The largest absolute Gasteiger partial charge is 0.326 e. The minimum atomic E-state index is -0.966. The number of carbonyl (C=O) groups is 1. The van der Waals surface area contributed by atoms with Crippen LogP contribution in [0.25, 0.3) is 0 Å². The van der Waals surface area contributed by atoms with Crippen molar-refractivity contribution >= 4 is 22.4 Å². The van der Waals surface area contributed by atoms with Gasteiger partial charge in [0.05, 0.1) is 0 Å². The van der Waals surface area contributed by atoms with E-state index in [9.17, 15) is 9.00 Å². The number of nitrogens with one attached hydrogen (secondary N) is 1. The second-order valence-corrected chi connectivity index (χ2v) is 7.17. The maximum Gasteiger partial charge on any atom is 0.227 e. The van der Waals surface area contributed by atoms with Gasteiger partial charge >= 0.3 is 0 Å². The highest BCUT2D eigenvalue weighted by atomic mass is 32.2. The highest BCUT2D eigenvalue weighted by Crippen LogP contribution is 2.15. The quantitative estimate of drug-likeness (QED) is 0.830. The summed E-state index contributed by atoms with van der Waals surface area (Å²) in [5.74, 6) is 1.05. The summed E-state index contributed by atoms with van der Waals surface area (Å²) in [6.07, 6.45) is 0.812. The van der Waals surface area contributed by atoms with Crippen LogP contribution in [0.3, 0.4) is 0 Å². The average molecular weight is 329 g/mol. The molecule has 0 saturated carbocycles. The number of rotatable bonds is 7. The van der Waals surface area contributed by atoms with Crippen molar-refractivity contribution < 1.29 is 9.00 Å². The first-order chi connectivity index (χ1) is 11.1. The minimum absolute atomic E-state index is 0.00845. The van der Waals surface area contributed by atoms with Crippen LogP contribution in [0.15, 0.2) is 54.6 Å². The van der Waals surface area contributed by atoms with Crippen molar-refractivity contribution in [2.45, 2.75) is 31.8 Å². The fourth-order valence-corrected chi connectivity index (χ4v) is 3.40. The lowest BCUT2D eigenvalue weighted by molar-refractivity contribution is -0.119. The summed E-state index contributed by atoms with van der Waals surface area (Å²) in [6.45, 7) is 3.90. The van der Waals surface area contributed by atoms with Gasteiger partial charge in [-0.25, -0.2) is 0 Å². The van der Waals surface area contributed by atoms with Gasteiger partial charge in [0.25, 0.3) is 0 Å². The molecule has 2 aromatic rings. The highest BCUT2D eigenvalue weighted by Gasteiger charge is 2.11. The molecule has 23 heavy (non-hydrogen) atoms. The van der Waals surface area contributed by atoms with E-state index in [-0.39, 0.29) is 11.8 Å². The predicted octanol–water partition coefficient (Wildman–Crippen LogP) is 4.12. The third-order valence-corrected chi connectivity index (χ3v) is 5.06. The Balaban J connectivity index is 1.97. The molecule has 122 valence electrons. The number of benzene rings is 2. The monoisotopic (exact) mass is 329 g/mol. The molecule has 2 rings (SSSR count). The van der Waals surface area contributed by atoms with Crippen molar-refractivity contribution in [1.29, 1.82) is 0 Å². The van der Waals surface area contributed by atoms with E-state index in [1.165, 1.54) is 0 Å². The molecule has 2 atom stereocenters. The molecule has 0 unspecified atom stereocenters. The van der Waals surface area contributed by atoms with Gasteiger partial charge < -0.3 is 5.32 Å². The zero-order valence-corrected chi connectivity index (χ0v) is 14.4. The summed E-state index contributed by atoms with van der Waals surface area (Å²) in [5.41, 5.74) is 2.82. The molecule has 2 aromatic carbocycles. The molecule has 4 heteroatoms. The maximum atomic E-state index is 12.3. The third kappa shape index (κ3) is 5.64. The second kappa shape index (κ2) is 8.63. The maximum absolute atomic E-state index is 12.3. The molecule has 3 nitrogen and oxygen atoms in total. The molecule has 1 N–H and O–H groups in total. The Morgan fingerprint density at radius 1 is 1.04 bits per heavy atom. The Morgan fingerprint density at radius 3 is 2.39 bits per heavy atom. The van der Waals surface area contributed by atoms with E-state index in [0.717, 1.165) is 23.2 Å². The van der Waals surface area contributed by atoms with E-state index >= 15 is 0 Å². The zero-order valence-electron chi connectivity index (χ0n) is 13.6. The average Bonchev–Trinajstić information content (AvgIpc) is 2.55. The van der Waals surface area contributed by atoms with Gasteiger partial charge in [-0.2, -0.15) is 0 Å². The molecular formula is C19H23NO2S. The number of carbonyl (C=O) groups excluding carboxylic acids is 1. The van der Waals surface area contributed by atoms with Crippen LogP contribution in [-0.2, 0) is 27.1 Å². The smallest absolute Gasteiger partial charge is 0.227 e. The van der Waals surface area contributed by atoms with E-state index in [2.05, 4.69) is 5.32 Å². The fraction of sp³-hybridized carbons (Fsp3) is 0.316. The van der Waals surface area contributed by atoms with Gasteiger partial charge in [-0.15, -0.1) is 0 Å². The Hall–Kier alpha value is -1.94. The summed E-state index contributed by atoms with van der Waals surface area (Å²) in [4.78, 5) is 11.9. The van der Waals surface area contributed by atoms with E-state index in [1.807, 2.05) is 68.4 Å². The van der Waals surface area contributed by atoms with Crippen molar-refractivity contribution in [3.63, 3.8) is 0 Å². The van der Waals surface area contributed by atoms with Gasteiger partial charge in [-0.1, -0.05) is 56.3 Å². The van der Waals surface area contributed by atoms with Crippen molar-refractivity contribution in [1.82, 2.24) is 0 Å². The van der Waals surface area contributed by atoms with Crippen molar-refractivity contribution in [2.24, 2.45) is 5.92 Å². The van der Waals surface area contributed by atoms with Crippen LogP contribution in [0.4, 0.5) is 5.69 Å². The van der Waals surface area contributed by atoms with Crippen LogP contribution in [-0.4, -0.2) is 10.1 Å². The Kier molecular flexibility index (Phi) is 6.53. The topological polar surface area (TPSA) is 46.2 Å². The van der Waals surface area contributed by atoms with Gasteiger partial charge in [0.1, 0.15) is 0 Å². The van der Waals surface area contributed by atoms with Crippen LogP contribution in [0.1, 0.15) is 31.4 Å². The van der Waals surface area contributed by atoms with Crippen LogP contribution >= 0.6 is 0 Å². The summed E-state index contributed by atoms with van der Waals surface area (Å²) in [5, 5.41) is 2.92. The molecule has 0 bridgehead atoms. The van der Waals surface area contributed by atoms with Gasteiger partial charge in [-0.3, -0.25) is 9.00 Å². The molecule has 0 aliphatic rings. The number of anilines is 1. The first kappa shape index (κ1) is 17.4. The molecule has 0 saturated heterocycles. The molecule has 0 aliphatic heterocycles. The number of hydrogen-bond donors (Lipinski definition) is 1. The van der Waals surface area contributed by atoms with Gasteiger partial charge in [0.15, 0.2) is 0 Å². The lowest BCUT2D eigenvalue weighted by atomic mass is 10.1. The first-order valence-electron chi connectivity index (χ1n) is 7.87. The van der Waals surface area contributed by atoms with Gasteiger partial charge in [-0.05, 0) is 29.7 Å². The Morgan fingerprint density at radius 2 is 1.70 bits per heavy atom. The SMILES string of the molecule is CC[C@H](C)C(=O)Nc1cccc(C[S@@](=O)Cc2ccccc2)c1. The Labute approximate surface area is 140 Å².